The topological polar surface area (TPSA) is 9.23 Å². The van der Waals surface area contributed by atoms with E-state index in [1.54, 1.807) is 0 Å². The van der Waals surface area contributed by atoms with Gasteiger partial charge in [0.25, 0.3) is 0 Å². The van der Waals surface area contributed by atoms with Gasteiger partial charge in [-0.3, -0.25) is 4.94 Å². The number of halogens is 5. The van der Waals surface area contributed by atoms with E-state index in [9.17, 15) is 17.7 Å². The van der Waals surface area contributed by atoms with Gasteiger partial charge < -0.3 is 0 Å². The molecule has 0 aliphatic heterocycles. The van der Waals surface area contributed by atoms with Crippen molar-refractivity contribution >= 4 is 21.7 Å². The Hall–Kier alpha value is -0.620. The van der Waals surface area contributed by atoms with Gasteiger partial charge in [-0.05, 0) is 17.6 Å². The average Bonchev–Trinajstić information content (AvgIpc) is 2.24. The zero-order chi connectivity index (χ0) is 11.6. The molecule has 84 valence electrons. The van der Waals surface area contributed by atoms with E-state index in [2.05, 4.69) is 4.94 Å². The van der Waals surface area contributed by atoms with Crippen molar-refractivity contribution in [1.29, 1.82) is 0 Å². The molecule has 1 aromatic rings. The van der Waals surface area contributed by atoms with E-state index in [0.29, 0.717) is 11.0 Å². The zero-order valence-electron chi connectivity index (χ0n) is 7.41. The summed E-state index contributed by atoms with van der Waals surface area (Å²) in [6.07, 6.45) is 0. The molecule has 1 rings (SSSR count). The highest BCUT2D eigenvalue weighted by molar-refractivity contribution is 8.20. The summed E-state index contributed by atoms with van der Waals surface area (Å²) < 4.78 is 51.4. The van der Waals surface area contributed by atoms with Gasteiger partial charge in [0.1, 0.15) is 0 Å². The molecule has 1 nitrogen and oxygen atoms in total. The van der Waals surface area contributed by atoms with Crippen LogP contribution in [0.1, 0.15) is 11.1 Å². The van der Waals surface area contributed by atoms with Gasteiger partial charge in [0.05, 0.1) is 5.56 Å². The molecule has 7 heteroatoms. The SMILES string of the molecule is Cc1c(F)c(F)c(CSCl)c(OF)c1F. The molecule has 0 aromatic heterocycles. The Balaban J connectivity index is 3.47. The van der Waals surface area contributed by atoms with Crippen LogP contribution in [-0.4, -0.2) is 0 Å². The van der Waals surface area contributed by atoms with Gasteiger partial charge in [0.15, 0.2) is 17.5 Å². The van der Waals surface area contributed by atoms with Crippen molar-refractivity contribution in [3.8, 4) is 5.75 Å². The van der Waals surface area contributed by atoms with Crippen molar-refractivity contribution in [2.45, 2.75) is 12.7 Å². The van der Waals surface area contributed by atoms with Crippen LogP contribution in [0.4, 0.5) is 17.7 Å². The summed E-state index contributed by atoms with van der Waals surface area (Å²) in [6.45, 7) is 0.980. The molecule has 0 bridgehead atoms. The zero-order valence-corrected chi connectivity index (χ0v) is 8.99. The first kappa shape index (κ1) is 12.4. The van der Waals surface area contributed by atoms with E-state index in [1.807, 2.05) is 0 Å². The third-order valence-electron chi connectivity index (χ3n) is 1.87. The normalized spacial score (nSPS) is 10.5. The van der Waals surface area contributed by atoms with Crippen molar-refractivity contribution in [3.05, 3.63) is 28.6 Å². The van der Waals surface area contributed by atoms with Crippen LogP contribution >= 0.6 is 21.7 Å². The summed E-state index contributed by atoms with van der Waals surface area (Å²) in [6, 6.07) is 0. The summed E-state index contributed by atoms with van der Waals surface area (Å²) in [5, 5.41) is 0. The summed E-state index contributed by atoms with van der Waals surface area (Å²) in [4.78, 5) is 3.19. The molecule has 0 heterocycles. The molecule has 0 amide bonds. The number of hydrogen-bond acceptors (Lipinski definition) is 2. The van der Waals surface area contributed by atoms with Crippen molar-refractivity contribution < 1.29 is 22.6 Å². The molecule has 0 saturated carbocycles. The summed E-state index contributed by atoms with van der Waals surface area (Å²) in [5.74, 6) is -5.25. The highest BCUT2D eigenvalue weighted by Crippen LogP contribution is 2.34. The lowest BCUT2D eigenvalue weighted by Crippen LogP contribution is -2.03. The Labute approximate surface area is 91.8 Å². The summed E-state index contributed by atoms with van der Waals surface area (Å²) in [5.41, 5.74) is -1.21. The molecule has 0 aliphatic carbocycles. The lowest BCUT2D eigenvalue weighted by atomic mass is 10.1. The molecule has 0 atom stereocenters. The van der Waals surface area contributed by atoms with E-state index in [-0.39, 0.29) is 5.75 Å². The highest BCUT2D eigenvalue weighted by Gasteiger charge is 2.24. The maximum absolute atomic E-state index is 13.2. The van der Waals surface area contributed by atoms with Gasteiger partial charge in [0.2, 0.25) is 5.75 Å². The molecular formula is C8H5ClF4OS. The maximum Gasteiger partial charge on any atom is 0.214 e. The maximum atomic E-state index is 13.2. The van der Waals surface area contributed by atoms with E-state index in [4.69, 9.17) is 10.7 Å². The molecule has 15 heavy (non-hydrogen) atoms. The first-order chi connectivity index (χ1) is 7.04. The fraction of sp³-hybridized carbons (Fsp3) is 0.250. The second-order valence-electron chi connectivity index (χ2n) is 2.71. The van der Waals surface area contributed by atoms with Crippen LogP contribution in [0.2, 0.25) is 0 Å². The fourth-order valence-corrected chi connectivity index (χ4v) is 1.75. The third-order valence-corrected chi connectivity index (χ3v) is 2.59. The lowest BCUT2D eigenvalue weighted by Gasteiger charge is -2.09. The minimum Gasteiger partial charge on any atom is -0.291 e. The van der Waals surface area contributed by atoms with E-state index in [1.165, 1.54) is 0 Å². The van der Waals surface area contributed by atoms with Crippen LogP contribution in [0.5, 0.6) is 5.75 Å². The van der Waals surface area contributed by atoms with Crippen molar-refractivity contribution in [3.63, 3.8) is 0 Å². The van der Waals surface area contributed by atoms with Gasteiger partial charge >= 0.3 is 0 Å². The number of rotatable bonds is 3. The van der Waals surface area contributed by atoms with Gasteiger partial charge in [-0.1, -0.05) is 11.0 Å². The van der Waals surface area contributed by atoms with Gasteiger partial charge in [-0.2, -0.15) is 0 Å². The van der Waals surface area contributed by atoms with E-state index in [0.717, 1.165) is 6.92 Å². The van der Waals surface area contributed by atoms with E-state index >= 15 is 0 Å². The van der Waals surface area contributed by atoms with Crippen LogP contribution in [0.15, 0.2) is 0 Å². The molecule has 0 saturated heterocycles. The molecule has 1 aromatic carbocycles. The van der Waals surface area contributed by atoms with Crippen LogP contribution in [0, 0.1) is 24.4 Å². The van der Waals surface area contributed by atoms with Crippen LogP contribution < -0.4 is 4.94 Å². The summed E-state index contributed by atoms with van der Waals surface area (Å²) in [7, 11) is 5.78. The first-order valence-electron chi connectivity index (χ1n) is 3.72. The molecule has 0 N–H and O–H groups in total. The average molecular weight is 261 g/mol. The minimum absolute atomic E-state index is 0.305. The Morgan fingerprint density at radius 2 is 1.80 bits per heavy atom. The van der Waals surface area contributed by atoms with Crippen molar-refractivity contribution in [2.24, 2.45) is 0 Å². The molecular weight excluding hydrogens is 256 g/mol. The second-order valence-corrected chi connectivity index (χ2v) is 3.87. The first-order valence-corrected chi connectivity index (χ1v) is 5.53. The molecule has 0 fully saturated rings. The van der Waals surface area contributed by atoms with Crippen LogP contribution in [0.25, 0.3) is 0 Å². The van der Waals surface area contributed by atoms with Crippen LogP contribution in [0.3, 0.4) is 0 Å². The minimum atomic E-state index is -1.37. The third kappa shape index (κ3) is 2.15. The quantitative estimate of drug-likeness (QED) is 0.599. The largest absolute Gasteiger partial charge is 0.291 e. The van der Waals surface area contributed by atoms with Gasteiger partial charge in [-0.25, -0.2) is 13.2 Å². The fourth-order valence-electron chi connectivity index (χ4n) is 1.06. The van der Waals surface area contributed by atoms with Crippen LogP contribution in [-0.2, 0) is 5.75 Å². The Morgan fingerprint density at radius 1 is 1.20 bits per heavy atom. The molecule has 0 spiro atoms. The van der Waals surface area contributed by atoms with Crippen molar-refractivity contribution in [1.82, 2.24) is 0 Å². The highest BCUT2D eigenvalue weighted by atomic mass is 35.7. The smallest absolute Gasteiger partial charge is 0.214 e. The Kier molecular flexibility index (Phi) is 4.10. The summed E-state index contributed by atoms with van der Waals surface area (Å²) >= 11 is 0. The predicted molar refractivity (Wildman–Crippen MR) is 49.9 cm³/mol. The van der Waals surface area contributed by atoms with Gasteiger partial charge in [0, 0.05) is 15.8 Å². The standard InChI is InChI=1S/C8H5ClF4OS/c1-3-5(10)7(12)4(2-15-9)8(14-13)6(3)11/h2H2,1H3. The lowest BCUT2D eigenvalue weighted by molar-refractivity contribution is -0.0124. The van der Waals surface area contributed by atoms with Crippen molar-refractivity contribution in [2.75, 3.05) is 0 Å². The monoisotopic (exact) mass is 260 g/mol. The predicted octanol–water partition coefficient (Wildman–Crippen LogP) is 4.06. The Bertz CT molecular complexity index is 386. The second kappa shape index (κ2) is 4.94. The van der Waals surface area contributed by atoms with Gasteiger partial charge in [-0.15, -0.1) is 0 Å². The number of benzene rings is 1. The number of hydrogen-bond donors (Lipinski definition) is 0. The Morgan fingerprint density at radius 3 is 2.27 bits per heavy atom. The molecule has 0 radical (unpaired) electrons. The van der Waals surface area contributed by atoms with E-state index < -0.39 is 34.3 Å². The molecule has 0 aliphatic rings. The molecule has 0 unspecified atom stereocenters.